The standard InChI is InChI=1S/C16H22FNO4/c1-3-14(11-19)18(9-8-15(20)22-4-2)16(21)12-6-5-7-13(17)10-12/h5-7,10,14,19H,3-4,8-9,11H2,1-2H3. The Labute approximate surface area is 129 Å². The van der Waals surface area contributed by atoms with Gasteiger partial charge in [-0.05, 0) is 31.5 Å². The number of rotatable bonds is 8. The van der Waals surface area contributed by atoms with E-state index in [9.17, 15) is 19.1 Å². The number of halogens is 1. The molecule has 1 rings (SSSR count). The number of nitrogens with zero attached hydrogens (tertiary/aromatic N) is 1. The SMILES string of the molecule is CCOC(=O)CCN(C(=O)c1cccc(F)c1)C(CC)CO. The van der Waals surface area contributed by atoms with Crippen molar-refractivity contribution in [2.24, 2.45) is 0 Å². The molecule has 0 saturated carbocycles. The largest absolute Gasteiger partial charge is 0.466 e. The Kier molecular flexibility index (Phi) is 7.52. The van der Waals surface area contributed by atoms with Gasteiger partial charge in [-0.15, -0.1) is 0 Å². The van der Waals surface area contributed by atoms with E-state index in [0.717, 1.165) is 6.07 Å². The Balaban J connectivity index is 2.89. The number of aliphatic hydroxyl groups is 1. The number of aliphatic hydroxyl groups excluding tert-OH is 1. The lowest BCUT2D eigenvalue weighted by Crippen LogP contribution is -2.43. The molecule has 1 aromatic carbocycles. The summed E-state index contributed by atoms with van der Waals surface area (Å²) in [4.78, 5) is 25.4. The van der Waals surface area contributed by atoms with Crippen LogP contribution in [0.5, 0.6) is 0 Å². The van der Waals surface area contributed by atoms with Gasteiger partial charge in [-0.2, -0.15) is 0 Å². The minimum Gasteiger partial charge on any atom is -0.466 e. The lowest BCUT2D eigenvalue weighted by molar-refractivity contribution is -0.143. The molecule has 0 fully saturated rings. The first-order valence-corrected chi connectivity index (χ1v) is 7.36. The molecule has 0 saturated heterocycles. The predicted molar refractivity (Wildman–Crippen MR) is 79.9 cm³/mol. The zero-order valence-electron chi connectivity index (χ0n) is 12.9. The van der Waals surface area contributed by atoms with Crippen LogP contribution >= 0.6 is 0 Å². The number of carbonyl (C=O) groups excluding carboxylic acids is 2. The molecule has 5 nitrogen and oxygen atoms in total. The number of hydrogen-bond donors (Lipinski definition) is 1. The van der Waals surface area contributed by atoms with Gasteiger partial charge in [-0.1, -0.05) is 13.0 Å². The van der Waals surface area contributed by atoms with Crippen LogP contribution in [-0.4, -0.2) is 47.7 Å². The maximum atomic E-state index is 13.3. The van der Waals surface area contributed by atoms with Crippen molar-refractivity contribution < 1.29 is 23.8 Å². The summed E-state index contributed by atoms with van der Waals surface area (Å²) in [6, 6.07) is 4.93. The van der Waals surface area contributed by atoms with Crippen LogP contribution in [0.15, 0.2) is 24.3 Å². The first-order valence-electron chi connectivity index (χ1n) is 7.36. The highest BCUT2D eigenvalue weighted by Gasteiger charge is 2.24. The van der Waals surface area contributed by atoms with E-state index in [2.05, 4.69) is 0 Å². The van der Waals surface area contributed by atoms with Crippen molar-refractivity contribution in [3.05, 3.63) is 35.6 Å². The fourth-order valence-corrected chi connectivity index (χ4v) is 2.13. The van der Waals surface area contributed by atoms with Gasteiger partial charge in [0.25, 0.3) is 5.91 Å². The number of esters is 1. The van der Waals surface area contributed by atoms with Crippen LogP contribution in [0.25, 0.3) is 0 Å². The predicted octanol–water partition coefficient (Wildman–Crippen LogP) is 1.99. The summed E-state index contributed by atoms with van der Waals surface area (Å²) in [5.41, 5.74) is 0.191. The van der Waals surface area contributed by atoms with Crippen LogP contribution in [0.3, 0.4) is 0 Å². The molecular formula is C16H22FNO4. The number of amides is 1. The van der Waals surface area contributed by atoms with E-state index in [1.165, 1.54) is 23.1 Å². The van der Waals surface area contributed by atoms with E-state index in [1.807, 2.05) is 6.92 Å². The molecule has 0 aliphatic heterocycles. The van der Waals surface area contributed by atoms with Crippen LogP contribution < -0.4 is 0 Å². The highest BCUT2D eigenvalue weighted by Crippen LogP contribution is 2.13. The highest BCUT2D eigenvalue weighted by atomic mass is 19.1. The van der Waals surface area contributed by atoms with Gasteiger partial charge in [-0.25, -0.2) is 4.39 Å². The highest BCUT2D eigenvalue weighted by molar-refractivity contribution is 5.94. The van der Waals surface area contributed by atoms with Crippen LogP contribution in [0.4, 0.5) is 4.39 Å². The van der Waals surface area contributed by atoms with E-state index in [4.69, 9.17) is 4.74 Å². The second kappa shape index (κ2) is 9.15. The van der Waals surface area contributed by atoms with Gasteiger partial charge in [0.15, 0.2) is 0 Å². The Hall–Kier alpha value is -1.95. The smallest absolute Gasteiger partial charge is 0.307 e. The molecule has 1 unspecified atom stereocenters. The average molecular weight is 311 g/mol. The number of carbonyl (C=O) groups is 2. The van der Waals surface area contributed by atoms with Crippen LogP contribution in [0, 0.1) is 5.82 Å². The normalized spacial score (nSPS) is 11.8. The van der Waals surface area contributed by atoms with E-state index in [0.29, 0.717) is 6.42 Å². The molecular weight excluding hydrogens is 289 g/mol. The van der Waals surface area contributed by atoms with Crippen molar-refractivity contribution in [1.29, 1.82) is 0 Å². The number of ether oxygens (including phenoxy) is 1. The fraction of sp³-hybridized carbons (Fsp3) is 0.500. The van der Waals surface area contributed by atoms with E-state index < -0.39 is 23.7 Å². The minimum absolute atomic E-state index is 0.0331. The maximum Gasteiger partial charge on any atom is 0.307 e. The van der Waals surface area contributed by atoms with Crippen molar-refractivity contribution in [2.45, 2.75) is 32.7 Å². The average Bonchev–Trinajstić information content (AvgIpc) is 2.51. The summed E-state index contributed by atoms with van der Waals surface area (Å²) in [6.07, 6.45) is 0.561. The second-order valence-corrected chi connectivity index (χ2v) is 4.81. The third-order valence-electron chi connectivity index (χ3n) is 3.32. The number of benzene rings is 1. The molecule has 0 radical (unpaired) electrons. The van der Waals surface area contributed by atoms with Crippen molar-refractivity contribution >= 4 is 11.9 Å². The van der Waals surface area contributed by atoms with Gasteiger partial charge in [0.05, 0.1) is 25.7 Å². The number of hydrogen-bond acceptors (Lipinski definition) is 4. The summed E-state index contributed by atoms with van der Waals surface area (Å²) in [5, 5.41) is 9.43. The summed E-state index contributed by atoms with van der Waals surface area (Å²) >= 11 is 0. The molecule has 1 atom stereocenters. The van der Waals surface area contributed by atoms with E-state index in [-0.39, 0.29) is 31.7 Å². The second-order valence-electron chi connectivity index (χ2n) is 4.81. The lowest BCUT2D eigenvalue weighted by Gasteiger charge is -2.29. The fourth-order valence-electron chi connectivity index (χ4n) is 2.13. The minimum atomic E-state index is -0.506. The zero-order valence-corrected chi connectivity index (χ0v) is 12.9. The van der Waals surface area contributed by atoms with Gasteiger partial charge in [-0.3, -0.25) is 9.59 Å². The summed E-state index contributed by atoms with van der Waals surface area (Å²) in [7, 11) is 0. The first-order chi connectivity index (χ1) is 10.5. The molecule has 22 heavy (non-hydrogen) atoms. The first kappa shape index (κ1) is 18.1. The zero-order chi connectivity index (χ0) is 16.5. The Morgan fingerprint density at radius 1 is 1.36 bits per heavy atom. The van der Waals surface area contributed by atoms with Gasteiger partial charge < -0.3 is 14.7 Å². The summed E-state index contributed by atoms with van der Waals surface area (Å²) < 4.78 is 18.1. The molecule has 1 aromatic rings. The Morgan fingerprint density at radius 2 is 2.09 bits per heavy atom. The van der Waals surface area contributed by atoms with Crippen LogP contribution in [0.2, 0.25) is 0 Å². The van der Waals surface area contributed by atoms with Crippen molar-refractivity contribution in [2.75, 3.05) is 19.8 Å². The summed E-state index contributed by atoms with van der Waals surface area (Å²) in [5.74, 6) is -1.33. The molecule has 6 heteroatoms. The maximum absolute atomic E-state index is 13.3. The topological polar surface area (TPSA) is 66.8 Å². The molecule has 0 bridgehead atoms. The Morgan fingerprint density at radius 3 is 2.64 bits per heavy atom. The van der Waals surface area contributed by atoms with Crippen molar-refractivity contribution in [3.63, 3.8) is 0 Å². The van der Waals surface area contributed by atoms with Gasteiger partial charge in [0.2, 0.25) is 0 Å². The van der Waals surface area contributed by atoms with E-state index in [1.54, 1.807) is 6.92 Å². The molecule has 1 amide bonds. The Bertz CT molecular complexity index is 503. The van der Waals surface area contributed by atoms with Crippen molar-refractivity contribution in [1.82, 2.24) is 4.90 Å². The molecule has 0 heterocycles. The molecule has 0 aromatic heterocycles. The van der Waals surface area contributed by atoms with Gasteiger partial charge in [0, 0.05) is 12.1 Å². The molecule has 0 spiro atoms. The quantitative estimate of drug-likeness (QED) is 0.746. The van der Waals surface area contributed by atoms with Crippen LogP contribution in [0.1, 0.15) is 37.0 Å². The lowest BCUT2D eigenvalue weighted by atomic mass is 10.1. The third-order valence-corrected chi connectivity index (χ3v) is 3.32. The van der Waals surface area contributed by atoms with Crippen molar-refractivity contribution in [3.8, 4) is 0 Å². The monoisotopic (exact) mass is 311 g/mol. The molecule has 122 valence electrons. The van der Waals surface area contributed by atoms with Gasteiger partial charge >= 0.3 is 5.97 Å². The summed E-state index contributed by atoms with van der Waals surface area (Å²) in [6.45, 7) is 3.70. The molecule has 1 N–H and O–H groups in total. The molecule has 0 aliphatic rings. The van der Waals surface area contributed by atoms with E-state index >= 15 is 0 Å². The molecule has 0 aliphatic carbocycles. The van der Waals surface area contributed by atoms with Crippen LogP contribution in [-0.2, 0) is 9.53 Å². The van der Waals surface area contributed by atoms with Gasteiger partial charge in [0.1, 0.15) is 5.82 Å². The third kappa shape index (κ3) is 5.11.